The second kappa shape index (κ2) is 5.60. The zero-order valence-corrected chi connectivity index (χ0v) is 10.9. The second-order valence-corrected chi connectivity index (χ2v) is 4.46. The highest BCUT2D eigenvalue weighted by molar-refractivity contribution is 5.98. The Balaban J connectivity index is 2.06. The molecule has 0 aliphatic carbocycles. The van der Waals surface area contributed by atoms with E-state index >= 15 is 0 Å². The molecule has 1 saturated heterocycles. The lowest BCUT2D eigenvalue weighted by Gasteiger charge is -2.15. The molecule has 1 aromatic carbocycles. The van der Waals surface area contributed by atoms with Gasteiger partial charge in [-0.15, -0.1) is 0 Å². The molecule has 106 valence electrons. The number of anilines is 1. The van der Waals surface area contributed by atoms with Crippen LogP contribution in [0, 0.1) is 0 Å². The molecule has 7 heteroatoms. The molecule has 1 atom stereocenters. The van der Waals surface area contributed by atoms with E-state index in [0.717, 1.165) is 0 Å². The number of carboxylic acid groups (broad SMARTS) is 1. The number of aliphatic carboxylic acids is 1. The van der Waals surface area contributed by atoms with Crippen molar-refractivity contribution in [2.24, 2.45) is 0 Å². The van der Waals surface area contributed by atoms with Gasteiger partial charge >= 0.3 is 12.0 Å². The third-order valence-corrected chi connectivity index (χ3v) is 3.02. The average molecular weight is 277 g/mol. The Morgan fingerprint density at radius 3 is 2.50 bits per heavy atom. The van der Waals surface area contributed by atoms with Crippen LogP contribution in [-0.4, -0.2) is 42.1 Å². The van der Waals surface area contributed by atoms with Gasteiger partial charge in [0.05, 0.1) is 0 Å². The summed E-state index contributed by atoms with van der Waals surface area (Å²) in [6.45, 7) is 2.57. The minimum atomic E-state index is -1.09. The fourth-order valence-corrected chi connectivity index (χ4v) is 1.85. The monoisotopic (exact) mass is 277 g/mol. The first-order valence-corrected chi connectivity index (χ1v) is 6.18. The van der Waals surface area contributed by atoms with Gasteiger partial charge in [-0.25, -0.2) is 4.79 Å². The summed E-state index contributed by atoms with van der Waals surface area (Å²) in [5, 5.41) is 13.8. The van der Waals surface area contributed by atoms with Crippen molar-refractivity contribution in [2.45, 2.75) is 13.0 Å². The first-order chi connectivity index (χ1) is 9.49. The summed E-state index contributed by atoms with van der Waals surface area (Å²) in [5.41, 5.74) is 1.05. The van der Waals surface area contributed by atoms with Gasteiger partial charge in [-0.1, -0.05) is 0 Å². The molecule has 1 aromatic rings. The van der Waals surface area contributed by atoms with Crippen LogP contribution in [0.15, 0.2) is 24.3 Å². The molecule has 7 nitrogen and oxygen atoms in total. The van der Waals surface area contributed by atoms with E-state index in [9.17, 15) is 14.4 Å². The van der Waals surface area contributed by atoms with Gasteiger partial charge in [0.2, 0.25) is 0 Å². The maximum Gasteiger partial charge on any atom is 0.325 e. The van der Waals surface area contributed by atoms with Crippen LogP contribution in [0.3, 0.4) is 0 Å². The first kappa shape index (κ1) is 13.9. The van der Waals surface area contributed by atoms with Gasteiger partial charge in [-0.05, 0) is 31.2 Å². The second-order valence-electron chi connectivity index (χ2n) is 4.46. The molecular formula is C13H15N3O4. The van der Waals surface area contributed by atoms with Crippen LogP contribution in [0.1, 0.15) is 17.3 Å². The molecule has 0 saturated carbocycles. The minimum absolute atomic E-state index is 0.165. The Hall–Kier alpha value is -2.57. The van der Waals surface area contributed by atoms with Gasteiger partial charge in [0.1, 0.15) is 6.04 Å². The topological polar surface area (TPSA) is 98.7 Å². The normalized spacial score (nSPS) is 15.7. The standard InChI is InChI=1S/C13H15N3O4/c1-8(12(18)19)15-11(17)9-2-4-10(5-3-9)16-7-6-14-13(16)20/h2-5,8H,6-7H2,1H3,(H,14,20)(H,15,17)(H,18,19)/t8-/m1/s1. The fourth-order valence-electron chi connectivity index (χ4n) is 1.85. The van der Waals surface area contributed by atoms with E-state index in [-0.39, 0.29) is 6.03 Å². The van der Waals surface area contributed by atoms with Crippen molar-refractivity contribution in [3.8, 4) is 0 Å². The summed E-state index contributed by atoms with van der Waals surface area (Å²) in [6.07, 6.45) is 0. The summed E-state index contributed by atoms with van der Waals surface area (Å²) in [7, 11) is 0. The predicted octanol–water partition coefficient (Wildman–Crippen LogP) is 0.419. The van der Waals surface area contributed by atoms with Gasteiger partial charge in [0, 0.05) is 24.3 Å². The maximum absolute atomic E-state index is 11.8. The van der Waals surface area contributed by atoms with E-state index < -0.39 is 17.9 Å². The molecule has 0 spiro atoms. The van der Waals surface area contributed by atoms with E-state index in [1.54, 1.807) is 29.2 Å². The summed E-state index contributed by atoms with van der Waals surface area (Å²) in [4.78, 5) is 35.5. The highest BCUT2D eigenvalue weighted by Crippen LogP contribution is 2.17. The molecule has 3 N–H and O–H groups in total. The molecule has 1 aliphatic heterocycles. The Kier molecular flexibility index (Phi) is 3.88. The summed E-state index contributed by atoms with van der Waals surface area (Å²) < 4.78 is 0. The summed E-state index contributed by atoms with van der Waals surface area (Å²) >= 11 is 0. The Bertz CT molecular complexity index is 541. The molecule has 1 fully saturated rings. The minimum Gasteiger partial charge on any atom is -0.480 e. The van der Waals surface area contributed by atoms with E-state index in [2.05, 4.69) is 10.6 Å². The number of nitrogens with one attached hydrogen (secondary N) is 2. The van der Waals surface area contributed by atoms with Crippen molar-refractivity contribution >= 4 is 23.6 Å². The van der Waals surface area contributed by atoms with Gasteiger partial charge in [-0.3, -0.25) is 14.5 Å². The van der Waals surface area contributed by atoms with E-state index in [1.807, 2.05) is 0 Å². The van der Waals surface area contributed by atoms with Crippen molar-refractivity contribution in [3.63, 3.8) is 0 Å². The van der Waals surface area contributed by atoms with Crippen molar-refractivity contribution < 1.29 is 19.5 Å². The molecule has 0 aromatic heterocycles. The van der Waals surface area contributed by atoms with Crippen molar-refractivity contribution in [2.75, 3.05) is 18.0 Å². The number of urea groups is 1. The van der Waals surface area contributed by atoms with E-state index in [1.165, 1.54) is 6.92 Å². The van der Waals surface area contributed by atoms with Crippen LogP contribution >= 0.6 is 0 Å². The lowest BCUT2D eigenvalue weighted by molar-refractivity contribution is -0.138. The Morgan fingerprint density at radius 2 is 2.00 bits per heavy atom. The molecule has 0 bridgehead atoms. The number of nitrogens with zero attached hydrogens (tertiary/aromatic N) is 1. The van der Waals surface area contributed by atoms with Gasteiger partial charge in [0.15, 0.2) is 0 Å². The molecule has 20 heavy (non-hydrogen) atoms. The lowest BCUT2D eigenvalue weighted by atomic mass is 10.1. The van der Waals surface area contributed by atoms with Crippen LogP contribution < -0.4 is 15.5 Å². The Labute approximate surface area is 115 Å². The quantitative estimate of drug-likeness (QED) is 0.742. The van der Waals surface area contributed by atoms with Gasteiger partial charge in [0.25, 0.3) is 5.91 Å². The highest BCUT2D eigenvalue weighted by Gasteiger charge is 2.21. The van der Waals surface area contributed by atoms with Crippen LogP contribution in [0.2, 0.25) is 0 Å². The number of hydrogen-bond acceptors (Lipinski definition) is 3. The largest absolute Gasteiger partial charge is 0.480 e. The third-order valence-electron chi connectivity index (χ3n) is 3.02. The molecule has 1 heterocycles. The number of carbonyl (C=O) groups is 3. The first-order valence-electron chi connectivity index (χ1n) is 6.18. The highest BCUT2D eigenvalue weighted by atomic mass is 16.4. The average Bonchev–Trinajstić information content (AvgIpc) is 2.85. The SMILES string of the molecule is C[C@@H](NC(=O)c1ccc(N2CCNC2=O)cc1)C(=O)O. The summed E-state index contributed by atoms with van der Waals surface area (Å²) in [5.74, 6) is -1.55. The molecule has 3 amide bonds. The van der Waals surface area contributed by atoms with E-state index in [4.69, 9.17) is 5.11 Å². The number of carbonyl (C=O) groups excluding carboxylic acids is 2. The predicted molar refractivity (Wildman–Crippen MR) is 71.8 cm³/mol. The lowest BCUT2D eigenvalue weighted by Crippen LogP contribution is -2.38. The number of carboxylic acids is 1. The van der Waals surface area contributed by atoms with Crippen molar-refractivity contribution in [3.05, 3.63) is 29.8 Å². The maximum atomic E-state index is 11.8. The molecule has 0 unspecified atom stereocenters. The number of hydrogen-bond donors (Lipinski definition) is 3. The molecular weight excluding hydrogens is 262 g/mol. The summed E-state index contributed by atoms with van der Waals surface area (Å²) in [6, 6.07) is 5.32. The Morgan fingerprint density at radius 1 is 1.35 bits per heavy atom. The van der Waals surface area contributed by atoms with Crippen LogP contribution in [0.25, 0.3) is 0 Å². The smallest absolute Gasteiger partial charge is 0.325 e. The molecule has 2 rings (SSSR count). The molecule has 0 radical (unpaired) electrons. The molecule has 1 aliphatic rings. The zero-order chi connectivity index (χ0) is 14.7. The van der Waals surface area contributed by atoms with Crippen molar-refractivity contribution in [1.29, 1.82) is 0 Å². The van der Waals surface area contributed by atoms with Crippen LogP contribution in [-0.2, 0) is 4.79 Å². The van der Waals surface area contributed by atoms with Gasteiger partial charge < -0.3 is 15.7 Å². The van der Waals surface area contributed by atoms with Gasteiger partial charge in [-0.2, -0.15) is 0 Å². The number of benzene rings is 1. The van der Waals surface area contributed by atoms with Crippen LogP contribution in [0.4, 0.5) is 10.5 Å². The number of rotatable bonds is 4. The number of amides is 3. The fraction of sp³-hybridized carbons (Fsp3) is 0.308. The van der Waals surface area contributed by atoms with Crippen molar-refractivity contribution in [1.82, 2.24) is 10.6 Å². The third kappa shape index (κ3) is 2.87. The zero-order valence-electron chi connectivity index (χ0n) is 10.9. The van der Waals surface area contributed by atoms with Crippen LogP contribution in [0.5, 0.6) is 0 Å². The van der Waals surface area contributed by atoms with E-state index in [0.29, 0.717) is 24.3 Å².